The van der Waals surface area contributed by atoms with E-state index in [1.807, 2.05) is 37.5 Å². The zero-order valence-corrected chi connectivity index (χ0v) is 16.4. The summed E-state index contributed by atoms with van der Waals surface area (Å²) in [5.74, 6) is 0.887. The van der Waals surface area contributed by atoms with Crippen LogP contribution in [0, 0.1) is 0 Å². The molecule has 3 aromatic rings. The Bertz CT molecular complexity index is 969. The number of nitrogens with one attached hydrogen (secondary N) is 1. The highest BCUT2D eigenvalue weighted by atomic mass is 16.5. The molecule has 0 saturated carbocycles. The van der Waals surface area contributed by atoms with Crippen molar-refractivity contribution in [2.45, 2.75) is 12.8 Å². The molecule has 0 amide bonds. The first-order valence-electron chi connectivity index (χ1n) is 9.69. The zero-order chi connectivity index (χ0) is 19.5. The standard InChI is InChI=1S/C21H26N4O3/c1-24-18(16-14-22-21-15(16)5-3-7-20(21)27-2)13-17(23-24)19(26)6-4-8-25-9-11-28-12-10-25/h3,5,7,13-14,22H,4,6,8-12H2,1-2H3. The Morgan fingerprint density at radius 1 is 1.32 bits per heavy atom. The summed E-state index contributed by atoms with van der Waals surface area (Å²) in [7, 11) is 3.53. The number of ketones is 1. The smallest absolute Gasteiger partial charge is 0.183 e. The third-order valence-electron chi connectivity index (χ3n) is 5.32. The van der Waals surface area contributed by atoms with Crippen LogP contribution in [0.15, 0.2) is 30.5 Å². The molecule has 148 valence electrons. The minimum absolute atomic E-state index is 0.0903. The molecule has 0 atom stereocenters. The first kappa shape index (κ1) is 18.7. The minimum atomic E-state index is 0.0903. The van der Waals surface area contributed by atoms with Crippen molar-refractivity contribution in [3.63, 3.8) is 0 Å². The highest BCUT2D eigenvalue weighted by Crippen LogP contribution is 2.33. The van der Waals surface area contributed by atoms with Crippen molar-refractivity contribution in [1.82, 2.24) is 19.7 Å². The number of Topliss-reactive ketones (excluding diaryl/α,β-unsaturated/α-hetero) is 1. The molecule has 0 spiro atoms. The summed E-state index contributed by atoms with van der Waals surface area (Å²) < 4.78 is 12.6. The largest absolute Gasteiger partial charge is 0.495 e. The lowest BCUT2D eigenvalue weighted by Gasteiger charge is -2.26. The molecule has 7 heteroatoms. The van der Waals surface area contributed by atoms with Crippen molar-refractivity contribution in [2.24, 2.45) is 7.05 Å². The van der Waals surface area contributed by atoms with E-state index in [1.54, 1.807) is 11.8 Å². The van der Waals surface area contributed by atoms with Crippen molar-refractivity contribution >= 4 is 16.7 Å². The van der Waals surface area contributed by atoms with Gasteiger partial charge in [-0.2, -0.15) is 5.10 Å². The van der Waals surface area contributed by atoms with E-state index in [9.17, 15) is 4.79 Å². The monoisotopic (exact) mass is 382 g/mol. The number of para-hydroxylation sites is 1. The van der Waals surface area contributed by atoms with E-state index in [4.69, 9.17) is 9.47 Å². The number of fused-ring (bicyclic) bond motifs is 1. The minimum Gasteiger partial charge on any atom is -0.495 e. The molecule has 28 heavy (non-hydrogen) atoms. The highest BCUT2D eigenvalue weighted by molar-refractivity contribution is 6.00. The predicted octanol–water partition coefficient (Wildman–Crippen LogP) is 2.87. The van der Waals surface area contributed by atoms with Crippen LogP contribution in [-0.2, 0) is 11.8 Å². The van der Waals surface area contributed by atoms with Gasteiger partial charge in [-0.15, -0.1) is 0 Å². The predicted molar refractivity (Wildman–Crippen MR) is 108 cm³/mol. The molecule has 7 nitrogen and oxygen atoms in total. The van der Waals surface area contributed by atoms with Gasteiger partial charge >= 0.3 is 0 Å². The van der Waals surface area contributed by atoms with E-state index in [2.05, 4.69) is 15.0 Å². The Balaban J connectivity index is 1.48. The summed E-state index contributed by atoms with van der Waals surface area (Å²) in [5.41, 5.74) is 3.39. The molecule has 0 bridgehead atoms. The number of hydrogen-bond acceptors (Lipinski definition) is 5. The maximum absolute atomic E-state index is 12.6. The van der Waals surface area contributed by atoms with Crippen LogP contribution in [0.3, 0.4) is 0 Å². The molecule has 1 aliphatic rings. The van der Waals surface area contributed by atoms with Crippen LogP contribution >= 0.6 is 0 Å². The maximum Gasteiger partial charge on any atom is 0.183 e. The lowest BCUT2D eigenvalue weighted by molar-refractivity contribution is 0.0371. The molecule has 0 unspecified atom stereocenters. The second-order valence-corrected chi connectivity index (χ2v) is 7.10. The third-order valence-corrected chi connectivity index (χ3v) is 5.32. The number of hydrogen-bond donors (Lipinski definition) is 1. The van der Waals surface area contributed by atoms with E-state index in [-0.39, 0.29) is 5.78 Å². The van der Waals surface area contributed by atoms with Crippen LogP contribution in [-0.4, -0.2) is 65.4 Å². The summed E-state index contributed by atoms with van der Waals surface area (Å²) in [6.45, 7) is 4.40. The van der Waals surface area contributed by atoms with Crippen LogP contribution in [0.4, 0.5) is 0 Å². The zero-order valence-electron chi connectivity index (χ0n) is 16.4. The number of aromatic nitrogens is 3. The van der Waals surface area contributed by atoms with Crippen LogP contribution in [0.25, 0.3) is 22.2 Å². The van der Waals surface area contributed by atoms with E-state index >= 15 is 0 Å². The number of carbonyl (C=O) groups is 1. The Morgan fingerprint density at radius 3 is 2.93 bits per heavy atom. The van der Waals surface area contributed by atoms with Gasteiger partial charge in [0.15, 0.2) is 5.78 Å². The van der Waals surface area contributed by atoms with Crippen molar-refractivity contribution in [3.8, 4) is 17.0 Å². The first-order chi connectivity index (χ1) is 13.7. The van der Waals surface area contributed by atoms with Crippen LogP contribution in [0.5, 0.6) is 5.75 Å². The fourth-order valence-corrected chi connectivity index (χ4v) is 3.78. The van der Waals surface area contributed by atoms with Gasteiger partial charge in [0.1, 0.15) is 11.4 Å². The van der Waals surface area contributed by atoms with Gasteiger partial charge in [0, 0.05) is 43.7 Å². The molecule has 1 saturated heterocycles. The Labute approximate surface area is 164 Å². The number of morpholine rings is 1. The summed E-state index contributed by atoms with van der Waals surface area (Å²) >= 11 is 0. The van der Waals surface area contributed by atoms with Gasteiger partial charge < -0.3 is 14.5 Å². The molecule has 1 fully saturated rings. The van der Waals surface area contributed by atoms with Gasteiger partial charge in [0.05, 0.1) is 31.5 Å². The first-order valence-corrected chi connectivity index (χ1v) is 9.69. The molecule has 3 heterocycles. The molecular weight excluding hydrogens is 356 g/mol. The van der Waals surface area contributed by atoms with Gasteiger partial charge in [0.2, 0.25) is 0 Å². The average Bonchev–Trinajstić information content (AvgIpc) is 3.32. The molecular formula is C21H26N4O3. The Kier molecular flexibility index (Phi) is 5.45. The number of rotatable bonds is 7. The number of H-pyrrole nitrogens is 1. The van der Waals surface area contributed by atoms with Crippen LogP contribution < -0.4 is 4.74 Å². The van der Waals surface area contributed by atoms with Crippen LogP contribution in [0.1, 0.15) is 23.3 Å². The topological polar surface area (TPSA) is 72.4 Å². The van der Waals surface area contributed by atoms with Crippen molar-refractivity contribution in [1.29, 1.82) is 0 Å². The van der Waals surface area contributed by atoms with Crippen molar-refractivity contribution in [3.05, 3.63) is 36.2 Å². The summed E-state index contributed by atoms with van der Waals surface area (Å²) in [6.07, 6.45) is 3.29. The number of methoxy groups -OCH3 is 1. The highest BCUT2D eigenvalue weighted by Gasteiger charge is 2.18. The van der Waals surface area contributed by atoms with Gasteiger partial charge in [0.25, 0.3) is 0 Å². The van der Waals surface area contributed by atoms with E-state index in [0.717, 1.165) is 67.2 Å². The lowest BCUT2D eigenvalue weighted by atomic mass is 10.1. The second-order valence-electron chi connectivity index (χ2n) is 7.10. The van der Waals surface area contributed by atoms with E-state index < -0.39 is 0 Å². The molecule has 1 N–H and O–H groups in total. The quantitative estimate of drug-likeness (QED) is 0.636. The number of aromatic amines is 1. The summed E-state index contributed by atoms with van der Waals surface area (Å²) in [5, 5.41) is 5.52. The van der Waals surface area contributed by atoms with Gasteiger partial charge in [-0.25, -0.2) is 0 Å². The number of benzene rings is 1. The number of carbonyl (C=O) groups excluding carboxylic acids is 1. The molecule has 2 aromatic heterocycles. The van der Waals surface area contributed by atoms with Crippen molar-refractivity contribution < 1.29 is 14.3 Å². The molecule has 0 aliphatic carbocycles. The molecule has 1 aromatic carbocycles. The SMILES string of the molecule is COc1cccc2c(-c3cc(C(=O)CCCN4CCOCC4)nn3C)c[nH]c12. The lowest BCUT2D eigenvalue weighted by Crippen LogP contribution is -2.36. The van der Waals surface area contributed by atoms with Gasteiger partial charge in [-0.05, 0) is 25.1 Å². The second kappa shape index (κ2) is 8.16. The maximum atomic E-state index is 12.6. The van der Waals surface area contributed by atoms with Crippen molar-refractivity contribution in [2.75, 3.05) is 40.0 Å². The number of ether oxygens (including phenoxy) is 2. The Morgan fingerprint density at radius 2 is 2.14 bits per heavy atom. The fourth-order valence-electron chi connectivity index (χ4n) is 3.78. The normalized spacial score (nSPS) is 15.2. The fraction of sp³-hybridized carbons (Fsp3) is 0.429. The average molecular weight is 382 g/mol. The summed E-state index contributed by atoms with van der Waals surface area (Å²) in [4.78, 5) is 18.3. The third kappa shape index (κ3) is 3.68. The van der Waals surface area contributed by atoms with E-state index in [1.165, 1.54) is 0 Å². The van der Waals surface area contributed by atoms with Gasteiger partial charge in [-0.3, -0.25) is 14.4 Å². The number of nitrogens with zero attached hydrogens (tertiary/aromatic N) is 3. The van der Waals surface area contributed by atoms with Crippen LogP contribution in [0.2, 0.25) is 0 Å². The molecule has 1 aliphatic heterocycles. The Hall–Kier alpha value is -2.64. The molecule has 4 rings (SSSR count). The molecule has 0 radical (unpaired) electrons. The number of aryl methyl sites for hydroxylation is 1. The van der Waals surface area contributed by atoms with E-state index in [0.29, 0.717) is 12.1 Å². The van der Waals surface area contributed by atoms with Gasteiger partial charge in [-0.1, -0.05) is 12.1 Å². The summed E-state index contributed by atoms with van der Waals surface area (Å²) in [6, 6.07) is 7.82.